The van der Waals surface area contributed by atoms with Crippen molar-refractivity contribution in [1.29, 1.82) is 0 Å². The predicted octanol–water partition coefficient (Wildman–Crippen LogP) is 2.35. The first-order chi connectivity index (χ1) is 8.02. The summed E-state index contributed by atoms with van der Waals surface area (Å²) >= 11 is 0. The van der Waals surface area contributed by atoms with Crippen LogP contribution in [0.2, 0.25) is 0 Å². The second kappa shape index (κ2) is 3.68. The van der Waals surface area contributed by atoms with Gasteiger partial charge in [0, 0.05) is 30.5 Å². The van der Waals surface area contributed by atoms with Crippen LogP contribution in [-0.4, -0.2) is 29.3 Å². The molecule has 3 rings (SSSR count). The largest absolute Gasteiger partial charge is 0.298 e. The summed E-state index contributed by atoms with van der Waals surface area (Å²) in [7, 11) is 0. The van der Waals surface area contributed by atoms with E-state index < -0.39 is 0 Å². The van der Waals surface area contributed by atoms with Gasteiger partial charge in [-0.25, -0.2) is 0 Å². The van der Waals surface area contributed by atoms with E-state index in [1.807, 2.05) is 0 Å². The summed E-state index contributed by atoms with van der Waals surface area (Å²) in [6.07, 6.45) is 4.36. The zero-order valence-corrected chi connectivity index (χ0v) is 11.3. The number of rotatable bonds is 2. The molecule has 0 spiro atoms. The van der Waals surface area contributed by atoms with Crippen molar-refractivity contribution in [1.82, 2.24) is 4.90 Å². The van der Waals surface area contributed by atoms with E-state index in [2.05, 4.69) is 44.7 Å². The maximum Gasteiger partial charge on any atom is 0.147 e. The molecule has 2 nitrogen and oxygen atoms in total. The van der Waals surface area contributed by atoms with E-state index in [0.717, 1.165) is 6.54 Å². The van der Waals surface area contributed by atoms with E-state index >= 15 is 0 Å². The summed E-state index contributed by atoms with van der Waals surface area (Å²) in [4.78, 5) is 14.8. The van der Waals surface area contributed by atoms with Crippen LogP contribution in [0.15, 0.2) is 12.2 Å². The van der Waals surface area contributed by atoms with Crippen molar-refractivity contribution in [3.8, 4) is 0 Å². The number of carbonyl (C=O) groups is 1. The molecule has 1 aliphatic heterocycles. The lowest BCUT2D eigenvalue weighted by molar-refractivity contribution is -0.122. The minimum Gasteiger partial charge on any atom is -0.298 e. The number of allylic oxidation sites excluding steroid dienone is 2. The van der Waals surface area contributed by atoms with Crippen molar-refractivity contribution in [2.24, 2.45) is 29.6 Å². The highest BCUT2D eigenvalue weighted by Gasteiger charge is 2.59. The quantitative estimate of drug-likeness (QED) is 0.682. The number of hydrogen-bond acceptors (Lipinski definition) is 2. The Balaban J connectivity index is 1.94. The van der Waals surface area contributed by atoms with Crippen molar-refractivity contribution in [3.63, 3.8) is 0 Å². The van der Waals surface area contributed by atoms with Gasteiger partial charge in [0.25, 0.3) is 0 Å². The number of carbonyl (C=O) groups excluding carboxylic acids is 1. The average Bonchev–Trinajstić information content (AvgIpc) is 2.86. The van der Waals surface area contributed by atoms with Crippen LogP contribution in [-0.2, 0) is 4.79 Å². The van der Waals surface area contributed by atoms with Gasteiger partial charge >= 0.3 is 0 Å². The first-order valence-electron chi connectivity index (χ1n) is 7.00. The Bertz CT molecular complexity index is 371. The molecule has 3 aliphatic rings. The molecule has 2 heteroatoms. The van der Waals surface area contributed by atoms with Crippen LogP contribution in [0.5, 0.6) is 0 Å². The summed E-state index contributed by atoms with van der Waals surface area (Å²) in [6.45, 7) is 10.3. The highest BCUT2D eigenvalue weighted by atomic mass is 16.1. The van der Waals surface area contributed by atoms with Crippen molar-refractivity contribution >= 4 is 5.78 Å². The zero-order chi connectivity index (χ0) is 12.3. The molecule has 1 saturated heterocycles. The van der Waals surface area contributed by atoms with E-state index in [9.17, 15) is 4.79 Å². The van der Waals surface area contributed by atoms with Gasteiger partial charge < -0.3 is 0 Å². The molecule has 2 bridgehead atoms. The Labute approximate surface area is 104 Å². The van der Waals surface area contributed by atoms with Crippen LogP contribution >= 0.6 is 0 Å². The molecule has 0 radical (unpaired) electrons. The second-order valence-corrected chi connectivity index (χ2v) is 6.61. The fraction of sp³-hybridized carbons (Fsp3) is 0.800. The van der Waals surface area contributed by atoms with Crippen LogP contribution < -0.4 is 0 Å². The third-order valence-corrected chi connectivity index (χ3v) is 5.10. The van der Waals surface area contributed by atoms with Gasteiger partial charge in [-0.1, -0.05) is 26.0 Å². The fourth-order valence-electron chi connectivity index (χ4n) is 4.50. The summed E-state index contributed by atoms with van der Waals surface area (Å²) in [5.74, 6) is 2.84. The maximum atomic E-state index is 12.1. The van der Waals surface area contributed by atoms with Crippen LogP contribution in [0.3, 0.4) is 0 Å². The topological polar surface area (TPSA) is 20.3 Å². The fourth-order valence-corrected chi connectivity index (χ4v) is 4.50. The monoisotopic (exact) mass is 233 g/mol. The second-order valence-electron chi connectivity index (χ2n) is 6.61. The lowest BCUT2D eigenvalue weighted by Gasteiger charge is -2.35. The van der Waals surface area contributed by atoms with E-state index in [-0.39, 0.29) is 11.8 Å². The molecule has 0 aromatic rings. The van der Waals surface area contributed by atoms with Gasteiger partial charge in [0.05, 0.1) is 0 Å². The van der Waals surface area contributed by atoms with E-state index in [0.29, 0.717) is 35.6 Å². The number of Topliss-reactive ketones (excluding diaryl/α,β-unsaturated/α-hetero) is 1. The summed E-state index contributed by atoms with van der Waals surface area (Å²) in [5.41, 5.74) is 0. The summed E-state index contributed by atoms with van der Waals surface area (Å²) < 4.78 is 0. The standard InChI is InChI=1S/C15H23NO/c1-8(2)14-13-11-6-5-10(15(11)17)12(13)7-16(14)9(3)4/h5-6,8-14H,7H2,1-4H3. The predicted molar refractivity (Wildman–Crippen MR) is 68.6 cm³/mol. The SMILES string of the molecule is CC(C)C1C2C3C=CC(C3=O)C2CN1C(C)C. The van der Waals surface area contributed by atoms with Crippen LogP contribution in [0.1, 0.15) is 27.7 Å². The molecule has 0 aromatic heterocycles. The van der Waals surface area contributed by atoms with E-state index in [1.165, 1.54) is 0 Å². The third-order valence-electron chi connectivity index (χ3n) is 5.10. The maximum absolute atomic E-state index is 12.1. The lowest BCUT2D eigenvalue weighted by Crippen LogP contribution is -2.43. The molecule has 2 aliphatic carbocycles. The average molecular weight is 233 g/mol. The van der Waals surface area contributed by atoms with Gasteiger partial charge in [0.2, 0.25) is 0 Å². The van der Waals surface area contributed by atoms with Gasteiger partial charge in [-0.3, -0.25) is 9.69 Å². The Hall–Kier alpha value is -0.630. The number of hydrogen-bond donors (Lipinski definition) is 0. The Morgan fingerprint density at radius 2 is 1.82 bits per heavy atom. The number of fused-ring (bicyclic) bond motifs is 5. The minimum absolute atomic E-state index is 0.237. The minimum atomic E-state index is 0.237. The summed E-state index contributed by atoms with van der Waals surface area (Å²) in [6, 6.07) is 1.20. The van der Waals surface area contributed by atoms with E-state index in [1.54, 1.807) is 0 Å². The number of ketones is 1. The van der Waals surface area contributed by atoms with Crippen LogP contribution in [0.25, 0.3) is 0 Å². The molecule has 94 valence electrons. The number of nitrogens with zero attached hydrogens (tertiary/aromatic N) is 1. The molecule has 5 atom stereocenters. The van der Waals surface area contributed by atoms with Crippen LogP contribution in [0.4, 0.5) is 0 Å². The molecule has 2 fully saturated rings. The van der Waals surface area contributed by atoms with Crippen molar-refractivity contribution < 1.29 is 4.79 Å². The van der Waals surface area contributed by atoms with E-state index in [4.69, 9.17) is 0 Å². The lowest BCUT2D eigenvalue weighted by atomic mass is 9.78. The number of likely N-dealkylation sites (tertiary alicyclic amines) is 1. The molecular formula is C15H23NO. The molecule has 1 heterocycles. The first-order valence-corrected chi connectivity index (χ1v) is 7.00. The smallest absolute Gasteiger partial charge is 0.147 e. The molecular weight excluding hydrogens is 210 g/mol. The highest BCUT2D eigenvalue weighted by molar-refractivity contribution is 5.92. The van der Waals surface area contributed by atoms with Crippen LogP contribution in [0, 0.1) is 29.6 Å². The molecule has 17 heavy (non-hydrogen) atoms. The van der Waals surface area contributed by atoms with Gasteiger partial charge in [-0.2, -0.15) is 0 Å². The Morgan fingerprint density at radius 1 is 1.18 bits per heavy atom. The van der Waals surface area contributed by atoms with Gasteiger partial charge in [0.1, 0.15) is 5.78 Å². The highest BCUT2D eigenvalue weighted by Crippen LogP contribution is 2.53. The Morgan fingerprint density at radius 3 is 2.41 bits per heavy atom. The van der Waals surface area contributed by atoms with Crippen molar-refractivity contribution in [3.05, 3.63) is 12.2 Å². The zero-order valence-electron chi connectivity index (χ0n) is 11.3. The van der Waals surface area contributed by atoms with Gasteiger partial charge in [-0.05, 0) is 31.6 Å². The molecule has 0 N–H and O–H groups in total. The molecule has 5 unspecified atom stereocenters. The third kappa shape index (κ3) is 1.40. The Kier molecular flexibility index (Phi) is 2.48. The molecule has 1 saturated carbocycles. The molecule has 0 aromatic carbocycles. The first kappa shape index (κ1) is 11.5. The summed E-state index contributed by atoms with van der Waals surface area (Å²) in [5, 5.41) is 0. The van der Waals surface area contributed by atoms with Gasteiger partial charge in [0.15, 0.2) is 0 Å². The van der Waals surface area contributed by atoms with Crippen molar-refractivity contribution in [2.75, 3.05) is 6.54 Å². The molecule has 0 amide bonds. The van der Waals surface area contributed by atoms with Crippen molar-refractivity contribution in [2.45, 2.75) is 39.8 Å². The van der Waals surface area contributed by atoms with Gasteiger partial charge in [-0.15, -0.1) is 0 Å². The normalized spacial score (nSPS) is 44.4.